The molecule has 0 radical (unpaired) electrons. The maximum atomic E-state index is 4.63. The minimum Gasteiger partial charge on any atom is -0.303 e. The lowest BCUT2D eigenvalue weighted by Gasteiger charge is -2.19. The Morgan fingerprint density at radius 2 is 1.86 bits per heavy atom. The lowest BCUT2D eigenvalue weighted by molar-refractivity contribution is -0.660. The second kappa shape index (κ2) is 6.28. The average molecular weight is 383 g/mol. The maximum absolute atomic E-state index is 4.63. The molecule has 29 heavy (non-hydrogen) atoms. The van der Waals surface area contributed by atoms with Crippen LogP contribution in [-0.2, 0) is 19.9 Å². The van der Waals surface area contributed by atoms with Gasteiger partial charge in [0.05, 0.1) is 11.3 Å². The first-order valence-electron chi connectivity index (χ1n) is 10.4. The standard InChI is InChI=1S/C26H28N3/c1-17-19-8-6-7-9-20(19)25-21(15-23-27-11-13-29(23)25)24(17)22-14-18(10-12-28(22)5)16-26(2,3)4/h6-14H,15-16H2,1-5H3/q+1. The Kier molecular flexibility index (Phi) is 3.92. The Labute approximate surface area is 172 Å². The van der Waals surface area contributed by atoms with Crippen LogP contribution in [0.15, 0.2) is 55.0 Å². The molecule has 3 heteroatoms. The highest BCUT2D eigenvalue weighted by atomic mass is 15.1. The van der Waals surface area contributed by atoms with Crippen molar-refractivity contribution in [3.63, 3.8) is 0 Å². The number of pyridine rings is 1. The molecule has 146 valence electrons. The maximum Gasteiger partial charge on any atom is 0.213 e. The first kappa shape index (κ1) is 18.1. The number of nitrogens with zero attached hydrogens (tertiary/aromatic N) is 3. The second-order valence-electron chi connectivity index (χ2n) is 9.53. The van der Waals surface area contributed by atoms with Crippen LogP contribution in [0.2, 0.25) is 0 Å². The predicted molar refractivity (Wildman–Crippen MR) is 118 cm³/mol. The van der Waals surface area contributed by atoms with Crippen LogP contribution < -0.4 is 4.57 Å². The number of hydrogen-bond donors (Lipinski definition) is 0. The molecule has 0 bridgehead atoms. The molecule has 0 saturated heterocycles. The molecule has 0 atom stereocenters. The van der Waals surface area contributed by atoms with E-state index in [4.69, 9.17) is 0 Å². The normalized spacial score (nSPS) is 13.0. The fourth-order valence-corrected chi connectivity index (χ4v) is 4.86. The summed E-state index contributed by atoms with van der Waals surface area (Å²) >= 11 is 0. The largest absolute Gasteiger partial charge is 0.303 e. The molecule has 2 aromatic heterocycles. The summed E-state index contributed by atoms with van der Waals surface area (Å²) in [4.78, 5) is 4.63. The fraction of sp³-hybridized carbons (Fsp3) is 0.308. The highest BCUT2D eigenvalue weighted by Crippen LogP contribution is 2.42. The molecule has 3 heterocycles. The van der Waals surface area contributed by atoms with Gasteiger partial charge in [-0.2, -0.15) is 0 Å². The van der Waals surface area contributed by atoms with Crippen molar-refractivity contribution < 1.29 is 4.57 Å². The van der Waals surface area contributed by atoms with E-state index in [1.54, 1.807) is 0 Å². The number of rotatable bonds is 2. The molecular weight excluding hydrogens is 354 g/mol. The van der Waals surface area contributed by atoms with Crippen molar-refractivity contribution in [1.29, 1.82) is 0 Å². The van der Waals surface area contributed by atoms with Crippen LogP contribution in [0.1, 0.15) is 43.3 Å². The fourth-order valence-electron chi connectivity index (χ4n) is 4.86. The van der Waals surface area contributed by atoms with Crippen LogP contribution in [-0.4, -0.2) is 9.55 Å². The lowest BCUT2D eigenvalue weighted by Crippen LogP contribution is -2.31. The van der Waals surface area contributed by atoms with Crippen LogP contribution in [0.5, 0.6) is 0 Å². The number of benzene rings is 2. The molecule has 1 aliphatic rings. The predicted octanol–water partition coefficient (Wildman–Crippen LogP) is 5.32. The van der Waals surface area contributed by atoms with Crippen LogP contribution in [0.4, 0.5) is 0 Å². The highest BCUT2D eigenvalue weighted by molar-refractivity contribution is 6.00. The van der Waals surface area contributed by atoms with Gasteiger partial charge in [-0.1, -0.05) is 45.0 Å². The van der Waals surface area contributed by atoms with Crippen LogP contribution in [0, 0.1) is 12.3 Å². The van der Waals surface area contributed by atoms with Gasteiger partial charge in [0.25, 0.3) is 0 Å². The van der Waals surface area contributed by atoms with E-state index in [-0.39, 0.29) is 5.41 Å². The van der Waals surface area contributed by atoms with Crippen molar-refractivity contribution in [2.75, 3.05) is 0 Å². The molecule has 0 aliphatic carbocycles. The molecule has 4 aromatic rings. The zero-order valence-electron chi connectivity index (χ0n) is 18.0. The highest BCUT2D eigenvalue weighted by Gasteiger charge is 2.30. The summed E-state index contributed by atoms with van der Waals surface area (Å²) in [5.74, 6) is 1.13. The van der Waals surface area contributed by atoms with E-state index >= 15 is 0 Å². The van der Waals surface area contributed by atoms with Gasteiger partial charge in [-0.25, -0.2) is 9.55 Å². The van der Waals surface area contributed by atoms with Gasteiger partial charge in [-0.3, -0.25) is 0 Å². The second-order valence-corrected chi connectivity index (χ2v) is 9.53. The Morgan fingerprint density at radius 1 is 1.10 bits per heavy atom. The van der Waals surface area contributed by atoms with Crippen LogP contribution >= 0.6 is 0 Å². The third-order valence-corrected chi connectivity index (χ3v) is 6.05. The van der Waals surface area contributed by atoms with E-state index in [0.29, 0.717) is 0 Å². The quantitative estimate of drug-likeness (QED) is 0.379. The van der Waals surface area contributed by atoms with Gasteiger partial charge >= 0.3 is 0 Å². The number of fused-ring (bicyclic) bond motifs is 5. The molecule has 0 saturated carbocycles. The third-order valence-electron chi connectivity index (χ3n) is 6.05. The SMILES string of the molecule is Cc1c(-c2cc(CC(C)(C)C)cc[n+]2C)c2c(c3ccccc13)-n1ccnc1C2. The van der Waals surface area contributed by atoms with E-state index in [0.717, 1.165) is 18.7 Å². The summed E-state index contributed by atoms with van der Waals surface area (Å²) in [6, 6.07) is 13.4. The van der Waals surface area contributed by atoms with Gasteiger partial charge < -0.3 is 4.57 Å². The molecule has 3 nitrogen and oxygen atoms in total. The Balaban J connectivity index is 1.82. The first-order chi connectivity index (χ1) is 13.8. The zero-order chi connectivity index (χ0) is 20.3. The van der Waals surface area contributed by atoms with Crippen molar-refractivity contribution >= 4 is 10.8 Å². The molecule has 5 rings (SSSR count). The molecule has 0 spiro atoms. The Hall–Kier alpha value is -2.94. The van der Waals surface area contributed by atoms with Gasteiger partial charge in [0.1, 0.15) is 12.9 Å². The number of aromatic nitrogens is 3. The molecule has 2 aromatic carbocycles. The van der Waals surface area contributed by atoms with E-state index < -0.39 is 0 Å². The number of aryl methyl sites for hydroxylation is 2. The molecule has 0 amide bonds. The van der Waals surface area contributed by atoms with Crippen LogP contribution in [0.25, 0.3) is 27.7 Å². The summed E-state index contributed by atoms with van der Waals surface area (Å²) in [6.45, 7) is 9.18. The van der Waals surface area contributed by atoms with Crippen LogP contribution in [0.3, 0.4) is 0 Å². The molecule has 0 N–H and O–H groups in total. The van der Waals surface area contributed by atoms with E-state index in [1.165, 1.54) is 44.4 Å². The minimum atomic E-state index is 0.264. The Morgan fingerprint density at radius 3 is 2.62 bits per heavy atom. The van der Waals surface area contributed by atoms with E-state index in [1.807, 2.05) is 6.20 Å². The summed E-state index contributed by atoms with van der Waals surface area (Å²) in [5, 5.41) is 2.64. The summed E-state index contributed by atoms with van der Waals surface area (Å²) in [6.07, 6.45) is 8.17. The first-order valence-corrected chi connectivity index (χ1v) is 10.4. The van der Waals surface area contributed by atoms with Gasteiger partial charge in [0, 0.05) is 36.3 Å². The van der Waals surface area contributed by atoms with E-state index in [2.05, 4.69) is 97.7 Å². The lowest BCUT2D eigenvalue weighted by atomic mass is 9.86. The third kappa shape index (κ3) is 2.88. The number of imidazole rings is 1. The van der Waals surface area contributed by atoms with Crippen molar-refractivity contribution in [1.82, 2.24) is 9.55 Å². The van der Waals surface area contributed by atoms with Gasteiger partial charge in [-0.05, 0) is 40.8 Å². The van der Waals surface area contributed by atoms with Crippen molar-refractivity contribution in [2.24, 2.45) is 12.5 Å². The van der Waals surface area contributed by atoms with Crippen molar-refractivity contribution in [2.45, 2.75) is 40.5 Å². The van der Waals surface area contributed by atoms with E-state index in [9.17, 15) is 0 Å². The monoisotopic (exact) mass is 382 g/mol. The Bertz CT molecular complexity index is 1260. The summed E-state index contributed by atoms with van der Waals surface area (Å²) in [5.41, 5.74) is 8.36. The van der Waals surface area contributed by atoms with Gasteiger partial charge in [-0.15, -0.1) is 0 Å². The number of hydrogen-bond acceptors (Lipinski definition) is 1. The molecular formula is C26H28N3+. The summed E-state index contributed by atoms with van der Waals surface area (Å²) in [7, 11) is 2.16. The zero-order valence-corrected chi connectivity index (χ0v) is 18.0. The summed E-state index contributed by atoms with van der Waals surface area (Å²) < 4.78 is 4.55. The van der Waals surface area contributed by atoms with Gasteiger partial charge in [0.15, 0.2) is 6.20 Å². The smallest absolute Gasteiger partial charge is 0.213 e. The van der Waals surface area contributed by atoms with Gasteiger partial charge in [0.2, 0.25) is 5.69 Å². The van der Waals surface area contributed by atoms with Crippen molar-refractivity contribution in [3.8, 4) is 16.9 Å². The average Bonchev–Trinajstić information content (AvgIpc) is 3.24. The molecule has 0 fully saturated rings. The molecule has 1 aliphatic heterocycles. The topological polar surface area (TPSA) is 21.7 Å². The molecule has 0 unspecified atom stereocenters. The van der Waals surface area contributed by atoms with Crippen molar-refractivity contribution in [3.05, 3.63) is 77.5 Å². The minimum absolute atomic E-state index is 0.264.